The van der Waals surface area contributed by atoms with E-state index in [0.29, 0.717) is 22.8 Å². The Morgan fingerprint density at radius 2 is 2.11 bits per heavy atom. The fourth-order valence-corrected chi connectivity index (χ4v) is 2.40. The van der Waals surface area contributed by atoms with Crippen LogP contribution in [0.25, 0.3) is 0 Å². The molecule has 0 aliphatic heterocycles. The fraction of sp³-hybridized carbons (Fsp3) is 0.385. The first-order valence-electron chi connectivity index (χ1n) is 5.92. The van der Waals surface area contributed by atoms with Crippen LogP contribution in [-0.2, 0) is 4.79 Å². The minimum absolute atomic E-state index is 0.290. The second kappa shape index (κ2) is 8.07. The van der Waals surface area contributed by atoms with Crippen LogP contribution in [0.15, 0.2) is 24.3 Å². The molecule has 2 N–H and O–H groups in total. The molecule has 1 unspecified atom stereocenters. The minimum Gasteiger partial charge on any atom is -0.480 e. The highest BCUT2D eigenvalue weighted by atomic mass is 35.5. The second-order valence-electron chi connectivity index (χ2n) is 3.83. The van der Waals surface area contributed by atoms with Gasteiger partial charge < -0.3 is 10.4 Å². The molecule has 0 spiro atoms. The number of aliphatic carboxylic acids is 1. The Bertz CT molecular complexity index is 453. The van der Waals surface area contributed by atoms with Crippen LogP contribution in [0.2, 0.25) is 5.02 Å². The van der Waals surface area contributed by atoms with Gasteiger partial charge in [0.25, 0.3) is 5.91 Å². The highest BCUT2D eigenvalue weighted by molar-refractivity contribution is 7.99. The van der Waals surface area contributed by atoms with Crippen molar-refractivity contribution in [3.8, 4) is 0 Å². The number of carboxylic acids is 1. The maximum absolute atomic E-state index is 11.9. The maximum atomic E-state index is 11.9. The van der Waals surface area contributed by atoms with Crippen molar-refractivity contribution in [1.82, 2.24) is 5.32 Å². The Labute approximate surface area is 121 Å². The van der Waals surface area contributed by atoms with Crippen molar-refractivity contribution in [2.24, 2.45) is 0 Å². The van der Waals surface area contributed by atoms with Gasteiger partial charge in [-0.3, -0.25) is 4.79 Å². The van der Waals surface area contributed by atoms with Crippen molar-refractivity contribution in [2.75, 3.05) is 11.5 Å². The Morgan fingerprint density at radius 3 is 2.68 bits per heavy atom. The van der Waals surface area contributed by atoms with Gasteiger partial charge in [-0.15, -0.1) is 0 Å². The van der Waals surface area contributed by atoms with E-state index in [1.807, 2.05) is 6.92 Å². The average Bonchev–Trinajstić information content (AvgIpc) is 2.38. The van der Waals surface area contributed by atoms with Crippen LogP contribution in [-0.4, -0.2) is 34.5 Å². The Hall–Kier alpha value is -1.20. The zero-order valence-corrected chi connectivity index (χ0v) is 12.1. The van der Waals surface area contributed by atoms with Crippen molar-refractivity contribution in [2.45, 2.75) is 19.4 Å². The predicted molar refractivity (Wildman–Crippen MR) is 78.0 cm³/mol. The monoisotopic (exact) mass is 301 g/mol. The number of halogens is 1. The smallest absolute Gasteiger partial charge is 0.326 e. The summed E-state index contributed by atoms with van der Waals surface area (Å²) in [5, 5.41) is 11.9. The summed E-state index contributed by atoms with van der Waals surface area (Å²) in [7, 11) is 0. The van der Waals surface area contributed by atoms with Crippen molar-refractivity contribution < 1.29 is 14.7 Å². The van der Waals surface area contributed by atoms with E-state index in [-0.39, 0.29) is 0 Å². The van der Waals surface area contributed by atoms with E-state index in [1.54, 1.807) is 36.0 Å². The fourth-order valence-electron chi connectivity index (χ4n) is 1.48. The molecule has 1 aromatic carbocycles. The molecule has 1 atom stereocenters. The second-order valence-corrected chi connectivity index (χ2v) is 5.63. The third-order valence-corrected chi connectivity index (χ3v) is 3.74. The molecule has 0 bridgehead atoms. The Morgan fingerprint density at radius 1 is 1.42 bits per heavy atom. The summed E-state index contributed by atoms with van der Waals surface area (Å²) >= 11 is 7.54. The van der Waals surface area contributed by atoms with Crippen LogP contribution in [0.4, 0.5) is 0 Å². The summed E-state index contributed by atoms with van der Waals surface area (Å²) < 4.78 is 0. The number of nitrogens with one attached hydrogen (secondary N) is 1. The van der Waals surface area contributed by atoms with Gasteiger partial charge in [-0.2, -0.15) is 11.8 Å². The molecular weight excluding hydrogens is 286 g/mol. The molecule has 0 fully saturated rings. The SMILES string of the molecule is CCSCCC(NC(=O)c1ccccc1Cl)C(=O)O. The van der Waals surface area contributed by atoms with Gasteiger partial charge in [-0.1, -0.05) is 30.7 Å². The van der Waals surface area contributed by atoms with Gasteiger partial charge in [0.2, 0.25) is 0 Å². The molecule has 6 heteroatoms. The molecule has 1 rings (SSSR count). The van der Waals surface area contributed by atoms with E-state index >= 15 is 0 Å². The molecule has 0 saturated heterocycles. The van der Waals surface area contributed by atoms with E-state index in [2.05, 4.69) is 5.32 Å². The van der Waals surface area contributed by atoms with Gasteiger partial charge in [0.15, 0.2) is 0 Å². The van der Waals surface area contributed by atoms with Gasteiger partial charge in [0, 0.05) is 0 Å². The summed E-state index contributed by atoms with van der Waals surface area (Å²) in [6, 6.07) is 5.67. The third-order valence-electron chi connectivity index (χ3n) is 2.48. The lowest BCUT2D eigenvalue weighted by molar-refractivity contribution is -0.139. The van der Waals surface area contributed by atoms with Crippen molar-refractivity contribution >= 4 is 35.2 Å². The lowest BCUT2D eigenvalue weighted by Gasteiger charge is -2.14. The number of rotatable bonds is 7. The van der Waals surface area contributed by atoms with Crippen LogP contribution in [0, 0.1) is 0 Å². The average molecular weight is 302 g/mol. The van der Waals surface area contributed by atoms with E-state index in [9.17, 15) is 9.59 Å². The van der Waals surface area contributed by atoms with E-state index in [0.717, 1.165) is 5.75 Å². The molecule has 0 aromatic heterocycles. The van der Waals surface area contributed by atoms with Crippen molar-refractivity contribution in [3.05, 3.63) is 34.9 Å². The molecule has 0 aliphatic rings. The molecule has 0 saturated carbocycles. The zero-order chi connectivity index (χ0) is 14.3. The number of carbonyl (C=O) groups is 2. The normalized spacial score (nSPS) is 11.9. The molecule has 1 amide bonds. The maximum Gasteiger partial charge on any atom is 0.326 e. The number of hydrogen-bond donors (Lipinski definition) is 2. The zero-order valence-electron chi connectivity index (χ0n) is 10.6. The first-order chi connectivity index (χ1) is 9.06. The van der Waals surface area contributed by atoms with Gasteiger partial charge in [-0.05, 0) is 30.1 Å². The number of thioether (sulfide) groups is 1. The molecule has 0 aliphatic carbocycles. The van der Waals surface area contributed by atoms with Crippen LogP contribution in [0.5, 0.6) is 0 Å². The number of carbonyl (C=O) groups excluding carboxylic acids is 1. The van der Waals surface area contributed by atoms with E-state index in [4.69, 9.17) is 16.7 Å². The van der Waals surface area contributed by atoms with E-state index < -0.39 is 17.9 Å². The number of amides is 1. The molecule has 4 nitrogen and oxygen atoms in total. The molecule has 1 aromatic rings. The number of carboxylic acid groups (broad SMARTS) is 1. The predicted octanol–water partition coefficient (Wildman–Crippen LogP) is 2.67. The van der Waals surface area contributed by atoms with Gasteiger partial charge in [0.05, 0.1) is 10.6 Å². The molecule has 104 valence electrons. The molecule has 0 heterocycles. The topological polar surface area (TPSA) is 66.4 Å². The standard InChI is InChI=1S/C13H16ClNO3S/c1-2-19-8-7-11(13(17)18)15-12(16)9-5-3-4-6-10(9)14/h3-6,11H,2,7-8H2,1H3,(H,15,16)(H,17,18). The van der Waals surface area contributed by atoms with Crippen molar-refractivity contribution in [3.63, 3.8) is 0 Å². The highest BCUT2D eigenvalue weighted by Gasteiger charge is 2.21. The first kappa shape index (κ1) is 15.9. The van der Waals surface area contributed by atoms with Gasteiger partial charge >= 0.3 is 5.97 Å². The van der Waals surface area contributed by atoms with Crippen LogP contribution in [0.3, 0.4) is 0 Å². The molecule has 19 heavy (non-hydrogen) atoms. The summed E-state index contributed by atoms with van der Waals surface area (Å²) in [5.74, 6) is 0.123. The Kier molecular flexibility index (Phi) is 6.73. The lowest BCUT2D eigenvalue weighted by Crippen LogP contribution is -2.41. The summed E-state index contributed by atoms with van der Waals surface area (Å²) in [5.41, 5.74) is 0.290. The summed E-state index contributed by atoms with van der Waals surface area (Å²) in [6.45, 7) is 2.00. The number of benzene rings is 1. The molecule has 0 radical (unpaired) electrons. The first-order valence-corrected chi connectivity index (χ1v) is 7.45. The van der Waals surface area contributed by atoms with Crippen LogP contribution in [0.1, 0.15) is 23.7 Å². The third kappa shape index (κ3) is 5.12. The van der Waals surface area contributed by atoms with Crippen LogP contribution >= 0.6 is 23.4 Å². The molecular formula is C13H16ClNO3S. The lowest BCUT2D eigenvalue weighted by atomic mass is 10.1. The quantitative estimate of drug-likeness (QED) is 0.760. The summed E-state index contributed by atoms with van der Waals surface area (Å²) in [6.07, 6.45) is 0.393. The summed E-state index contributed by atoms with van der Waals surface area (Å²) in [4.78, 5) is 23.0. The largest absolute Gasteiger partial charge is 0.480 e. The Balaban J connectivity index is 2.66. The highest BCUT2D eigenvalue weighted by Crippen LogP contribution is 2.15. The number of hydrogen-bond acceptors (Lipinski definition) is 3. The van der Waals surface area contributed by atoms with E-state index in [1.165, 1.54) is 0 Å². The van der Waals surface area contributed by atoms with Crippen molar-refractivity contribution in [1.29, 1.82) is 0 Å². The minimum atomic E-state index is -1.03. The van der Waals surface area contributed by atoms with Crippen LogP contribution < -0.4 is 5.32 Å². The van der Waals surface area contributed by atoms with Gasteiger partial charge in [-0.25, -0.2) is 4.79 Å². The van der Waals surface area contributed by atoms with Gasteiger partial charge in [0.1, 0.15) is 6.04 Å².